The maximum atomic E-state index is 11.7. The van der Waals surface area contributed by atoms with E-state index in [2.05, 4.69) is 17.6 Å². The fourth-order valence-corrected chi connectivity index (χ4v) is 2.03. The summed E-state index contributed by atoms with van der Waals surface area (Å²) in [6.45, 7) is 6.03. The second-order valence-electron chi connectivity index (χ2n) is 5.12. The van der Waals surface area contributed by atoms with Crippen molar-refractivity contribution >= 4 is 28.9 Å². The molecule has 1 aromatic rings. The highest BCUT2D eigenvalue weighted by Gasteiger charge is 2.08. The number of hydrogen-bond acceptors (Lipinski definition) is 3. The van der Waals surface area contributed by atoms with Crippen molar-refractivity contribution in [1.29, 1.82) is 0 Å². The van der Waals surface area contributed by atoms with E-state index >= 15 is 0 Å². The summed E-state index contributed by atoms with van der Waals surface area (Å²) in [6, 6.07) is 7.53. The van der Waals surface area contributed by atoms with Crippen LogP contribution in [-0.4, -0.2) is 17.1 Å². The van der Waals surface area contributed by atoms with Crippen molar-refractivity contribution in [2.75, 3.05) is 5.32 Å². The molecule has 4 nitrogen and oxygen atoms in total. The summed E-state index contributed by atoms with van der Waals surface area (Å²) < 4.78 is 5.70. The Kier molecular flexibility index (Phi) is 7.75. The number of anilines is 1. The van der Waals surface area contributed by atoms with Crippen LogP contribution in [0.3, 0.4) is 0 Å². The fraction of sp³-hybridized carbons (Fsp3) is 0.500. The van der Waals surface area contributed by atoms with Gasteiger partial charge in [-0.3, -0.25) is 4.79 Å². The first-order chi connectivity index (χ1) is 10.0. The van der Waals surface area contributed by atoms with Crippen molar-refractivity contribution in [3.05, 3.63) is 24.3 Å². The first-order valence-electron chi connectivity index (χ1n) is 7.39. The molecule has 0 aliphatic carbocycles. The second kappa shape index (κ2) is 9.34. The summed E-state index contributed by atoms with van der Waals surface area (Å²) >= 11 is 5.17. The SMILES string of the molecule is CCCCCC(=O)NC(=S)Nc1ccccc1OC(C)C. The number of thiocarbonyl (C=S) groups is 1. The van der Waals surface area contributed by atoms with Crippen molar-refractivity contribution in [3.8, 4) is 5.75 Å². The number of carbonyl (C=O) groups is 1. The second-order valence-corrected chi connectivity index (χ2v) is 5.53. The molecule has 0 saturated heterocycles. The van der Waals surface area contributed by atoms with E-state index in [1.165, 1.54) is 0 Å². The average Bonchev–Trinajstić information content (AvgIpc) is 2.40. The van der Waals surface area contributed by atoms with Crippen LogP contribution in [0.1, 0.15) is 46.5 Å². The minimum atomic E-state index is -0.0526. The Balaban J connectivity index is 2.52. The van der Waals surface area contributed by atoms with E-state index in [4.69, 9.17) is 17.0 Å². The van der Waals surface area contributed by atoms with Crippen LogP contribution in [0.2, 0.25) is 0 Å². The lowest BCUT2D eigenvalue weighted by Crippen LogP contribution is -2.34. The summed E-state index contributed by atoms with van der Waals surface area (Å²) in [5.74, 6) is 0.665. The Hall–Kier alpha value is -1.62. The maximum absolute atomic E-state index is 11.7. The Morgan fingerprint density at radius 1 is 1.29 bits per heavy atom. The molecule has 0 fully saturated rings. The lowest BCUT2D eigenvalue weighted by atomic mass is 10.2. The van der Waals surface area contributed by atoms with Crippen molar-refractivity contribution in [2.45, 2.75) is 52.6 Å². The van der Waals surface area contributed by atoms with Crippen LogP contribution in [0.4, 0.5) is 5.69 Å². The highest BCUT2D eigenvalue weighted by Crippen LogP contribution is 2.24. The van der Waals surface area contributed by atoms with Gasteiger partial charge in [0, 0.05) is 6.42 Å². The van der Waals surface area contributed by atoms with Gasteiger partial charge in [0.25, 0.3) is 0 Å². The van der Waals surface area contributed by atoms with Gasteiger partial charge in [-0.25, -0.2) is 0 Å². The van der Waals surface area contributed by atoms with Gasteiger partial charge >= 0.3 is 0 Å². The van der Waals surface area contributed by atoms with E-state index in [-0.39, 0.29) is 12.0 Å². The third-order valence-corrected chi connectivity index (χ3v) is 2.96. The Morgan fingerprint density at radius 3 is 2.67 bits per heavy atom. The van der Waals surface area contributed by atoms with Crippen LogP contribution in [-0.2, 0) is 4.79 Å². The highest BCUT2D eigenvalue weighted by atomic mass is 32.1. The lowest BCUT2D eigenvalue weighted by Gasteiger charge is -2.16. The van der Waals surface area contributed by atoms with Crippen molar-refractivity contribution in [2.24, 2.45) is 0 Å². The third kappa shape index (κ3) is 7.09. The van der Waals surface area contributed by atoms with Crippen LogP contribution < -0.4 is 15.4 Å². The molecule has 0 heterocycles. The molecule has 0 unspecified atom stereocenters. The fourth-order valence-electron chi connectivity index (χ4n) is 1.80. The predicted octanol–water partition coefficient (Wildman–Crippen LogP) is 3.87. The Bertz CT molecular complexity index is 475. The minimum Gasteiger partial charge on any atom is -0.489 e. The molecule has 1 amide bonds. The monoisotopic (exact) mass is 308 g/mol. The van der Waals surface area contributed by atoms with E-state index in [1.54, 1.807) is 0 Å². The first-order valence-corrected chi connectivity index (χ1v) is 7.80. The number of benzene rings is 1. The molecule has 0 radical (unpaired) electrons. The average molecular weight is 308 g/mol. The van der Waals surface area contributed by atoms with E-state index < -0.39 is 0 Å². The summed E-state index contributed by atoms with van der Waals surface area (Å²) in [5.41, 5.74) is 0.755. The number of unbranched alkanes of at least 4 members (excludes halogenated alkanes) is 2. The summed E-state index contributed by atoms with van der Waals surface area (Å²) in [5, 5.41) is 6.01. The number of nitrogens with one attached hydrogen (secondary N) is 2. The summed E-state index contributed by atoms with van der Waals surface area (Å²) in [6.07, 6.45) is 3.61. The van der Waals surface area contributed by atoms with Crippen LogP contribution in [0.25, 0.3) is 0 Å². The van der Waals surface area contributed by atoms with Crippen LogP contribution in [0, 0.1) is 0 Å². The van der Waals surface area contributed by atoms with Crippen molar-refractivity contribution < 1.29 is 9.53 Å². The zero-order chi connectivity index (χ0) is 15.7. The van der Waals surface area contributed by atoms with Gasteiger partial charge in [-0.15, -0.1) is 0 Å². The number of hydrogen-bond donors (Lipinski definition) is 2. The molecular formula is C16H24N2O2S. The van der Waals surface area contributed by atoms with Crippen LogP contribution in [0.5, 0.6) is 5.75 Å². The number of carbonyl (C=O) groups excluding carboxylic acids is 1. The van der Waals surface area contributed by atoms with Gasteiger partial charge in [0.2, 0.25) is 5.91 Å². The van der Waals surface area contributed by atoms with Crippen LogP contribution in [0.15, 0.2) is 24.3 Å². The number of para-hydroxylation sites is 2. The van der Waals surface area contributed by atoms with Crippen molar-refractivity contribution in [3.63, 3.8) is 0 Å². The van der Waals surface area contributed by atoms with E-state index in [9.17, 15) is 4.79 Å². The summed E-state index contributed by atoms with van der Waals surface area (Å²) in [4.78, 5) is 11.7. The topological polar surface area (TPSA) is 50.4 Å². The first kappa shape index (κ1) is 17.4. The molecule has 21 heavy (non-hydrogen) atoms. The Morgan fingerprint density at radius 2 is 2.00 bits per heavy atom. The smallest absolute Gasteiger partial charge is 0.226 e. The van der Waals surface area contributed by atoms with E-state index in [1.807, 2.05) is 38.1 Å². The van der Waals surface area contributed by atoms with Gasteiger partial charge in [0.15, 0.2) is 5.11 Å². The standard InChI is InChI=1S/C16H24N2O2S/c1-4-5-6-11-15(19)18-16(21)17-13-9-7-8-10-14(13)20-12(2)3/h7-10,12H,4-6,11H2,1-3H3,(H2,17,18,19,21). The molecule has 1 rings (SSSR count). The van der Waals surface area contributed by atoms with Gasteiger partial charge < -0.3 is 15.4 Å². The van der Waals surface area contributed by atoms with Crippen molar-refractivity contribution in [1.82, 2.24) is 5.32 Å². The normalized spacial score (nSPS) is 10.3. The number of rotatable bonds is 7. The van der Waals surface area contributed by atoms with Gasteiger partial charge in [0.05, 0.1) is 11.8 Å². The molecule has 0 aromatic heterocycles. The van der Waals surface area contributed by atoms with Gasteiger partial charge in [-0.2, -0.15) is 0 Å². The molecule has 0 aliphatic rings. The van der Waals surface area contributed by atoms with Gasteiger partial charge in [0.1, 0.15) is 5.75 Å². The minimum absolute atomic E-state index is 0.0526. The number of ether oxygens (including phenoxy) is 1. The zero-order valence-electron chi connectivity index (χ0n) is 12.9. The zero-order valence-corrected chi connectivity index (χ0v) is 13.8. The molecule has 1 aromatic carbocycles. The molecule has 0 bridgehead atoms. The molecule has 5 heteroatoms. The van der Waals surface area contributed by atoms with E-state index in [0.717, 1.165) is 30.7 Å². The predicted molar refractivity (Wildman–Crippen MR) is 90.7 cm³/mol. The molecule has 0 spiro atoms. The molecule has 0 saturated carbocycles. The van der Waals surface area contributed by atoms with Crippen LogP contribution >= 0.6 is 12.2 Å². The molecule has 116 valence electrons. The number of amides is 1. The molecular weight excluding hydrogens is 284 g/mol. The lowest BCUT2D eigenvalue weighted by molar-refractivity contribution is -0.119. The summed E-state index contributed by atoms with van der Waals surface area (Å²) in [7, 11) is 0. The van der Waals surface area contributed by atoms with E-state index in [0.29, 0.717) is 11.5 Å². The van der Waals surface area contributed by atoms with Gasteiger partial charge in [-0.1, -0.05) is 31.9 Å². The van der Waals surface area contributed by atoms with Gasteiger partial charge in [-0.05, 0) is 44.6 Å². The molecule has 2 N–H and O–H groups in total. The molecule has 0 atom stereocenters. The highest BCUT2D eigenvalue weighted by molar-refractivity contribution is 7.80. The largest absolute Gasteiger partial charge is 0.489 e. The quantitative estimate of drug-likeness (QED) is 0.593. The Labute approximate surface area is 132 Å². The molecule has 0 aliphatic heterocycles. The third-order valence-electron chi connectivity index (χ3n) is 2.76. The maximum Gasteiger partial charge on any atom is 0.226 e.